The number of esters is 1. The monoisotopic (exact) mass is 323 g/mol. The molecule has 0 N–H and O–H groups in total. The van der Waals surface area contributed by atoms with E-state index >= 15 is 0 Å². The van der Waals surface area contributed by atoms with Gasteiger partial charge in [0.25, 0.3) is 5.91 Å². The lowest BCUT2D eigenvalue weighted by Crippen LogP contribution is -2.28. The molecule has 0 aliphatic rings. The molecule has 0 saturated heterocycles. The van der Waals surface area contributed by atoms with Gasteiger partial charge in [0.15, 0.2) is 6.10 Å². The number of hydrogen-bond donors (Lipinski definition) is 0. The summed E-state index contributed by atoms with van der Waals surface area (Å²) in [5.74, 6) is -0.123. The highest BCUT2D eigenvalue weighted by atomic mass is 16.5. The van der Waals surface area contributed by atoms with Crippen molar-refractivity contribution in [3.05, 3.63) is 66.4 Å². The summed E-state index contributed by atoms with van der Waals surface area (Å²) in [6, 6.07) is 16.3. The van der Waals surface area contributed by atoms with E-state index in [2.05, 4.69) is 0 Å². The van der Waals surface area contributed by atoms with Crippen LogP contribution in [0.1, 0.15) is 22.1 Å². The highest BCUT2D eigenvalue weighted by Crippen LogP contribution is 2.23. The summed E-state index contributed by atoms with van der Waals surface area (Å²) in [6.07, 6.45) is 0.803. The van der Waals surface area contributed by atoms with Crippen molar-refractivity contribution in [3.63, 3.8) is 0 Å². The van der Waals surface area contributed by atoms with Gasteiger partial charge in [-0.15, -0.1) is 0 Å². The molecule has 24 heavy (non-hydrogen) atoms. The fraction of sp³-hybridized carbons (Fsp3) is 0.158. The molecule has 0 amide bonds. The molecule has 0 aliphatic carbocycles. The Morgan fingerprint density at radius 1 is 1.00 bits per heavy atom. The molecule has 0 spiro atoms. The van der Waals surface area contributed by atoms with Gasteiger partial charge in [-0.3, -0.25) is 9.36 Å². The minimum absolute atomic E-state index is 0.259. The van der Waals surface area contributed by atoms with E-state index in [0.29, 0.717) is 22.2 Å². The number of nitrogens with zero attached hydrogens (tertiary/aromatic N) is 1. The zero-order chi connectivity index (χ0) is 17.1. The first-order chi connectivity index (χ1) is 11.6. The van der Waals surface area contributed by atoms with Crippen LogP contribution < -0.4 is 4.74 Å². The Morgan fingerprint density at radius 3 is 2.38 bits per heavy atom. The number of carbonyl (C=O) groups excluding carboxylic acids is 2. The van der Waals surface area contributed by atoms with Crippen LogP contribution in [0.5, 0.6) is 5.75 Å². The van der Waals surface area contributed by atoms with Crippen molar-refractivity contribution in [1.82, 2.24) is 4.57 Å². The molecular weight excluding hydrogens is 306 g/mol. The van der Waals surface area contributed by atoms with Gasteiger partial charge >= 0.3 is 5.97 Å². The highest BCUT2D eigenvalue weighted by molar-refractivity contribution is 6.07. The van der Waals surface area contributed by atoms with Gasteiger partial charge in [-0.25, -0.2) is 4.79 Å². The van der Waals surface area contributed by atoms with E-state index in [0.717, 1.165) is 0 Å². The molecule has 0 aliphatic heterocycles. The molecule has 1 aromatic heterocycles. The first-order valence-corrected chi connectivity index (χ1v) is 7.56. The third-order valence-corrected chi connectivity index (χ3v) is 3.76. The molecule has 122 valence electrons. The maximum Gasteiger partial charge on any atom is 0.340 e. The number of benzene rings is 2. The van der Waals surface area contributed by atoms with Crippen molar-refractivity contribution in [1.29, 1.82) is 0 Å². The SMILES string of the molecule is COC(=O)c1cn(C(=O)[C@H](C)Oc2ccccc2)c2ccccc12. The molecule has 0 saturated carbocycles. The van der Waals surface area contributed by atoms with E-state index in [1.807, 2.05) is 30.3 Å². The fourth-order valence-corrected chi connectivity index (χ4v) is 2.58. The number of rotatable bonds is 4. The van der Waals surface area contributed by atoms with Gasteiger partial charge in [0.2, 0.25) is 0 Å². The predicted octanol–water partition coefficient (Wildman–Crippen LogP) is 3.54. The van der Waals surface area contributed by atoms with Crippen molar-refractivity contribution < 1.29 is 19.1 Å². The third kappa shape index (κ3) is 2.88. The van der Waals surface area contributed by atoms with Crippen LogP contribution in [0.4, 0.5) is 0 Å². The van der Waals surface area contributed by atoms with Crippen LogP contribution in [-0.2, 0) is 4.74 Å². The molecular formula is C19H17NO4. The summed E-state index contributed by atoms with van der Waals surface area (Å²) >= 11 is 0. The van der Waals surface area contributed by atoms with Crippen molar-refractivity contribution in [3.8, 4) is 5.75 Å². The van der Waals surface area contributed by atoms with Crippen LogP contribution >= 0.6 is 0 Å². The number of aromatic nitrogens is 1. The molecule has 0 bridgehead atoms. The van der Waals surface area contributed by atoms with Gasteiger partial charge in [-0.05, 0) is 25.1 Å². The number of fused-ring (bicyclic) bond motifs is 1. The number of hydrogen-bond acceptors (Lipinski definition) is 4. The second-order valence-corrected chi connectivity index (χ2v) is 5.33. The average Bonchev–Trinajstić information content (AvgIpc) is 3.01. The Labute approximate surface area is 139 Å². The first kappa shape index (κ1) is 15.8. The predicted molar refractivity (Wildman–Crippen MR) is 90.4 cm³/mol. The topological polar surface area (TPSA) is 57.5 Å². The second-order valence-electron chi connectivity index (χ2n) is 5.33. The summed E-state index contributed by atoms with van der Waals surface area (Å²) in [4.78, 5) is 24.7. The average molecular weight is 323 g/mol. The van der Waals surface area contributed by atoms with Crippen molar-refractivity contribution in [2.45, 2.75) is 13.0 Å². The molecule has 3 aromatic rings. The third-order valence-electron chi connectivity index (χ3n) is 3.76. The summed E-state index contributed by atoms with van der Waals surface area (Å²) in [5.41, 5.74) is 1.000. The Hall–Kier alpha value is -3.08. The molecule has 0 radical (unpaired) electrons. The van der Waals surface area contributed by atoms with Crippen LogP contribution in [0.3, 0.4) is 0 Å². The molecule has 3 rings (SSSR count). The second kappa shape index (κ2) is 6.58. The lowest BCUT2D eigenvalue weighted by molar-refractivity contribution is 0.0602. The summed E-state index contributed by atoms with van der Waals surface area (Å²) in [7, 11) is 1.32. The van der Waals surface area contributed by atoms with E-state index in [1.165, 1.54) is 17.9 Å². The van der Waals surface area contributed by atoms with E-state index in [1.54, 1.807) is 31.2 Å². The lowest BCUT2D eigenvalue weighted by atomic mass is 10.2. The Morgan fingerprint density at radius 2 is 1.67 bits per heavy atom. The normalized spacial score (nSPS) is 11.9. The number of carbonyl (C=O) groups is 2. The van der Waals surface area contributed by atoms with Crippen LogP contribution in [0, 0.1) is 0 Å². The standard InChI is InChI=1S/C19H17NO4/c1-13(24-14-8-4-3-5-9-14)18(21)20-12-16(19(22)23-2)15-10-6-7-11-17(15)20/h3-13H,1-2H3/t13-/m0/s1. The van der Waals surface area contributed by atoms with E-state index in [4.69, 9.17) is 9.47 Å². The van der Waals surface area contributed by atoms with Gasteiger partial charge in [0.1, 0.15) is 5.75 Å². The van der Waals surface area contributed by atoms with E-state index < -0.39 is 12.1 Å². The fourth-order valence-electron chi connectivity index (χ4n) is 2.58. The highest BCUT2D eigenvalue weighted by Gasteiger charge is 2.23. The first-order valence-electron chi connectivity index (χ1n) is 7.56. The molecule has 5 nitrogen and oxygen atoms in total. The van der Waals surface area contributed by atoms with Crippen LogP contribution in [0.2, 0.25) is 0 Å². The lowest BCUT2D eigenvalue weighted by Gasteiger charge is -2.14. The van der Waals surface area contributed by atoms with Gasteiger partial charge in [0, 0.05) is 11.6 Å². The van der Waals surface area contributed by atoms with Gasteiger partial charge in [-0.2, -0.15) is 0 Å². The summed E-state index contributed by atoms with van der Waals surface area (Å²) < 4.78 is 11.9. The number of ether oxygens (including phenoxy) is 2. The largest absolute Gasteiger partial charge is 0.481 e. The zero-order valence-electron chi connectivity index (χ0n) is 13.4. The van der Waals surface area contributed by atoms with Crippen molar-refractivity contribution in [2.24, 2.45) is 0 Å². The minimum atomic E-state index is -0.700. The maximum atomic E-state index is 12.8. The van der Waals surface area contributed by atoms with Gasteiger partial charge in [-0.1, -0.05) is 36.4 Å². The molecule has 0 fully saturated rings. The smallest absolute Gasteiger partial charge is 0.340 e. The quantitative estimate of drug-likeness (QED) is 0.689. The Kier molecular flexibility index (Phi) is 4.33. The van der Waals surface area contributed by atoms with E-state index in [9.17, 15) is 9.59 Å². The number of methoxy groups -OCH3 is 1. The minimum Gasteiger partial charge on any atom is -0.481 e. The number of para-hydroxylation sites is 2. The molecule has 0 unspecified atom stereocenters. The summed E-state index contributed by atoms with van der Waals surface area (Å²) in [6.45, 7) is 1.68. The Bertz CT molecular complexity index is 883. The van der Waals surface area contributed by atoms with Gasteiger partial charge in [0.05, 0.1) is 18.2 Å². The zero-order valence-corrected chi connectivity index (χ0v) is 13.4. The van der Waals surface area contributed by atoms with Crippen LogP contribution in [-0.4, -0.2) is 29.7 Å². The van der Waals surface area contributed by atoms with E-state index in [-0.39, 0.29) is 5.91 Å². The van der Waals surface area contributed by atoms with Crippen LogP contribution in [0.25, 0.3) is 10.9 Å². The summed E-state index contributed by atoms with van der Waals surface area (Å²) in [5, 5.41) is 0.671. The molecule has 1 atom stereocenters. The van der Waals surface area contributed by atoms with Crippen molar-refractivity contribution >= 4 is 22.8 Å². The van der Waals surface area contributed by atoms with Crippen LogP contribution in [0.15, 0.2) is 60.8 Å². The molecule has 5 heteroatoms. The maximum absolute atomic E-state index is 12.8. The van der Waals surface area contributed by atoms with Gasteiger partial charge < -0.3 is 9.47 Å². The van der Waals surface area contributed by atoms with Crippen molar-refractivity contribution in [2.75, 3.05) is 7.11 Å². The molecule has 2 aromatic carbocycles. The molecule has 1 heterocycles. The Balaban J connectivity index is 1.96.